The number of methoxy groups -OCH3 is 1. The van der Waals surface area contributed by atoms with E-state index in [0.29, 0.717) is 12.1 Å². The van der Waals surface area contributed by atoms with Crippen LogP contribution in [0.15, 0.2) is 24.3 Å². The summed E-state index contributed by atoms with van der Waals surface area (Å²) in [6.45, 7) is 0. The van der Waals surface area contributed by atoms with Crippen LogP contribution in [0, 0.1) is 10.1 Å². The molecule has 1 aromatic carbocycles. The van der Waals surface area contributed by atoms with Crippen molar-refractivity contribution in [2.75, 3.05) is 7.11 Å². The first-order valence-corrected chi connectivity index (χ1v) is 6.28. The van der Waals surface area contributed by atoms with Gasteiger partial charge in [-0.05, 0) is 25.3 Å². The summed E-state index contributed by atoms with van der Waals surface area (Å²) in [5.74, 6) is -0.702. The van der Waals surface area contributed by atoms with Crippen LogP contribution in [-0.4, -0.2) is 30.1 Å². The number of esters is 1. The molecule has 0 amide bonds. The number of ether oxygens (including phenoxy) is 1. The Morgan fingerprint density at radius 3 is 2.25 bits per heavy atom. The predicted molar refractivity (Wildman–Crippen MR) is 74.2 cm³/mol. The summed E-state index contributed by atoms with van der Waals surface area (Å²) in [6.07, 6.45) is 3.28. The van der Waals surface area contributed by atoms with Crippen LogP contribution in [0.2, 0.25) is 0 Å². The number of nitrogens with two attached hydrogens (primary N) is 2. The van der Waals surface area contributed by atoms with Crippen LogP contribution in [0.5, 0.6) is 0 Å². The Labute approximate surface area is 117 Å². The molecule has 7 heteroatoms. The van der Waals surface area contributed by atoms with E-state index in [1.54, 1.807) is 6.07 Å². The van der Waals surface area contributed by atoms with Crippen molar-refractivity contribution >= 4 is 11.7 Å². The SMILES string of the molecule is COC(=O)c1ccccc1[N+](=O)[O-].N[C@@H]1CC[C@H](N)C1. The number of hydrogen-bond donors (Lipinski definition) is 2. The van der Waals surface area contributed by atoms with Crippen LogP contribution >= 0.6 is 0 Å². The average molecular weight is 281 g/mol. The van der Waals surface area contributed by atoms with Gasteiger partial charge in [0.1, 0.15) is 5.56 Å². The Kier molecular flexibility index (Phi) is 6.08. The molecule has 0 saturated heterocycles. The molecule has 0 bridgehead atoms. The van der Waals surface area contributed by atoms with E-state index in [1.165, 1.54) is 25.3 Å². The van der Waals surface area contributed by atoms with Gasteiger partial charge < -0.3 is 16.2 Å². The zero-order valence-corrected chi connectivity index (χ0v) is 11.3. The van der Waals surface area contributed by atoms with Crippen LogP contribution in [0.4, 0.5) is 5.69 Å². The number of hydrogen-bond acceptors (Lipinski definition) is 6. The number of carbonyl (C=O) groups is 1. The van der Waals surface area contributed by atoms with Crippen LogP contribution in [-0.2, 0) is 4.74 Å². The fourth-order valence-corrected chi connectivity index (χ4v) is 1.97. The minimum Gasteiger partial charge on any atom is -0.465 e. The second-order valence-electron chi connectivity index (χ2n) is 4.60. The van der Waals surface area contributed by atoms with E-state index < -0.39 is 10.9 Å². The molecule has 0 unspecified atom stereocenters. The standard InChI is InChI=1S/C8H7NO4.C5H12N2/c1-13-8(10)6-4-2-3-5-7(6)9(11)12;6-4-1-2-5(7)3-4/h2-5H,1H3;4-5H,1-3,6-7H2/t;4-,5+. The number of benzene rings is 1. The fourth-order valence-electron chi connectivity index (χ4n) is 1.97. The van der Waals surface area contributed by atoms with Gasteiger partial charge in [-0.25, -0.2) is 4.79 Å². The summed E-state index contributed by atoms with van der Waals surface area (Å²) in [6, 6.07) is 6.44. The third kappa shape index (κ3) is 4.60. The van der Waals surface area contributed by atoms with E-state index in [9.17, 15) is 14.9 Å². The maximum absolute atomic E-state index is 11.0. The lowest BCUT2D eigenvalue weighted by Crippen LogP contribution is -2.20. The quantitative estimate of drug-likeness (QED) is 0.477. The summed E-state index contributed by atoms with van der Waals surface area (Å²) >= 11 is 0. The van der Waals surface area contributed by atoms with Gasteiger partial charge in [-0.2, -0.15) is 0 Å². The van der Waals surface area contributed by atoms with E-state index in [0.717, 1.165) is 19.3 Å². The molecule has 0 aliphatic heterocycles. The largest absolute Gasteiger partial charge is 0.465 e. The second-order valence-corrected chi connectivity index (χ2v) is 4.60. The minimum absolute atomic E-state index is 0.0324. The molecule has 2 atom stereocenters. The highest BCUT2D eigenvalue weighted by Gasteiger charge is 2.19. The molecular weight excluding hydrogens is 262 g/mol. The lowest BCUT2D eigenvalue weighted by atomic mass is 10.2. The molecule has 110 valence electrons. The van der Waals surface area contributed by atoms with Gasteiger partial charge in [-0.1, -0.05) is 12.1 Å². The summed E-state index contributed by atoms with van der Waals surface area (Å²) in [5, 5.41) is 10.4. The summed E-state index contributed by atoms with van der Waals surface area (Å²) in [5.41, 5.74) is 10.8. The molecule has 1 aromatic rings. The number of nitrogens with zero attached hydrogens (tertiary/aromatic N) is 1. The molecule has 4 N–H and O–H groups in total. The van der Waals surface area contributed by atoms with Gasteiger partial charge in [0.25, 0.3) is 5.69 Å². The first-order chi connectivity index (χ1) is 9.45. The lowest BCUT2D eigenvalue weighted by molar-refractivity contribution is -0.385. The van der Waals surface area contributed by atoms with E-state index in [4.69, 9.17) is 11.5 Å². The van der Waals surface area contributed by atoms with Gasteiger partial charge in [0.15, 0.2) is 0 Å². The summed E-state index contributed by atoms with van der Waals surface area (Å²) < 4.78 is 4.38. The van der Waals surface area contributed by atoms with Gasteiger partial charge >= 0.3 is 5.97 Å². The molecule has 1 aliphatic rings. The van der Waals surface area contributed by atoms with Crippen molar-refractivity contribution in [3.05, 3.63) is 39.9 Å². The van der Waals surface area contributed by atoms with E-state index in [2.05, 4.69) is 4.74 Å². The molecule has 2 rings (SSSR count). The average Bonchev–Trinajstić information content (AvgIpc) is 2.82. The molecule has 1 fully saturated rings. The number of para-hydroxylation sites is 1. The fraction of sp³-hybridized carbons (Fsp3) is 0.462. The van der Waals surface area contributed by atoms with Crippen LogP contribution in [0.25, 0.3) is 0 Å². The molecule has 20 heavy (non-hydrogen) atoms. The van der Waals surface area contributed by atoms with Gasteiger partial charge in [-0.15, -0.1) is 0 Å². The number of rotatable bonds is 2. The smallest absolute Gasteiger partial charge is 0.344 e. The van der Waals surface area contributed by atoms with Crippen LogP contribution in [0.3, 0.4) is 0 Å². The zero-order valence-electron chi connectivity index (χ0n) is 11.3. The Morgan fingerprint density at radius 1 is 1.30 bits per heavy atom. The molecule has 0 radical (unpaired) electrons. The van der Waals surface area contributed by atoms with Crippen molar-refractivity contribution in [3.8, 4) is 0 Å². The van der Waals surface area contributed by atoms with E-state index in [1.807, 2.05) is 0 Å². The monoisotopic (exact) mass is 281 g/mol. The molecule has 7 nitrogen and oxygen atoms in total. The van der Waals surface area contributed by atoms with Crippen molar-refractivity contribution in [2.45, 2.75) is 31.3 Å². The summed E-state index contributed by atoms with van der Waals surface area (Å²) in [7, 11) is 1.18. The lowest BCUT2D eigenvalue weighted by Gasteiger charge is -1.99. The van der Waals surface area contributed by atoms with E-state index in [-0.39, 0.29) is 11.3 Å². The van der Waals surface area contributed by atoms with Crippen LogP contribution in [0.1, 0.15) is 29.6 Å². The zero-order chi connectivity index (χ0) is 15.1. The maximum atomic E-state index is 11.0. The first kappa shape index (κ1) is 16.1. The van der Waals surface area contributed by atoms with Gasteiger partial charge in [0.2, 0.25) is 0 Å². The number of nitro benzene ring substituents is 1. The number of carbonyl (C=O) groups excluding carboxylic acids is 1. The normalized spacial score (nSPS) is 20.8. The van der Waals surface area contributed by atoms with Crippen molar-refractivity contribution in [1.29, 1.82) is 0 Å². The highest BCUT2D eigenvalue weighted by Crippen LogP contribution is 2.17. The topological polar surface area (TPSA) is 121 Å². The molecule has 1 saturated carbocycles. The number of nitro groups is 1. The van der Waals surface area contributed by atoms with Crippen molar-refractivity contribution in [3.63, 3.8) is 0 Å². The first-order valence-electron chi connectivity index (χ1n) is 6.28. The molecule has 1 aliphatic carbocycles. The summed E-state index contributed by atoms with van der Waals surface area (Å²) in [4.78, 5) is 20.8. The van der Waals surface area contributed by atoms with Crippen molar-refractivity contribution < 1.29 is 14.5 Å². The maximum Gasteiger partial charge on any atom is 0.344 e. The molecule has 0 spiro atoms. The van der Waals surface area contributed by atoms with Gasteiger partial charge in [-0.3, -0.25) is 10.1 Å². The third-order valence-corrected chi connectivity index (χ3v) is 3.02. The van der Waals surface area contributed by atoms with Crippen molar-refractivity contribution in [2.24, 2.45) is 11.5 Å². The van der Waals surface area contributed by atoms with E-state index >= 15 is 0 Å². The third-order valence-electron chi connectivity index (χ3n) is 3.02. The highest BCUT2D eigenvalue weighted by molar-refractivity contribution is 5.93. The van der Waals surface area contributed by atoms with Gasteiger partial charge in [0.05, 0.1) is 12.0 Å². The molecule has 0 heterocycles. The second kappa shape index (κ2) is 7.56. The van der Waals surface area contributed by atoms with Crippen molar-refractivity contribution in [1.82, 2.24) is 0 Å². The van der Waals surface area contributed by atoms with Gasteiger partial charge in [0, 0.05) is 18.2 Å². The Hall–Kier alpha value is -1.99. The van der Waals surface area contributed by atoms with Crippen LogP contribution < -0.4 is 11.5 Å². The molecule has 0 aromatic heterocycles. The highest BCUT2D eigenvalue weighted by atomic mass is 16.6. The predicted octanol–water partition coefficient (Wildman–Crippen LogP) is 1.21. The Balaban J connectivity index is 0.000000240. The Morgan fingerprint density at radius 2 is 1.85 bits per heavy atom. The Bertz CT molecular complexity index is 470. The molecular formula is C13H19N3O4. The minimum atomic E-state index is -0.702.